The van der Waals surface area contributed by atoms with Crippen molar-refractivity contribution in [3.05, 3.63) is 108 Å². The molecule has 0 spiro atoms. The van der Waals surface area contributed by atoms with Gasteiger partial charge in [-0.2, -0.15) is 5.26 Å². The van der Waals surface area contributed by atoms with E-state index in [0.717, 1.165) is 59.2 Å². The second-order valence-electron chi connectivity index (χ2n) is 8.92. The van der Waals surface area contributed by atoms with Crippen LogP contribution in [0.25, 0.3) is 5.70 Å². The molecular formula is C32H37N5O4. The number of hydrogen-bond donors (Lipinski definition) is 3. The molecule has 214 valence electrons. The molecule has 0 atom stereocenters. The van der Waals surface area contributed by atoms with Gasteiger partial charge in [-0.3, -0.25) is 9.47 Å². The molecule has 4 N–H and O–H groups in total. The summed E-state index contributed by atoms with van der Waals surface area (Å²) in [7, 11) is 0. The van der Waals surface area contributed by atoms with Crippen molar-refractivity contribution in [2.75, 3.05) is 30.5 Å². The Kier molecular flexibility index (Phi) is 12.0. The number of primary amides is 1. The highest BCUT2D eigenvalue weighted by atomic mass is 16.5. The minimum Gasteiger partial charge on any atom is -0.490 e. The maximum atomic E-state index is 9.82. The number of carbonyl (C=O) groups excluding carboxylic acids is 1. The highest BCUT2D eigenvalue weighted by Crippen LogP contribution is 2.34. The molecular weight excluding hydrogens is 518 g/mol. The zero-order valence-electron chi connectivity index (χ0n) is 23.6. The van der Waals surface area contributed by atoms with E-state index >= 15 is 0 Å². The summed E-state index contributed by atoms with van der Waals surface area (Å²) in [6, 6.07) is 10.1. The molecule has 0 saturated heterocycles. The first kappa shape index (κ1) is 30.4. The second kappa shape index (κ2) is 16.1. The van der Waals surface area contributed by atoms with Gasteiger partial charge < -0.3 is 30.7 Å². The largest absolute Gasteiger partial charge is 0.490 e. The fourth-order valence-electron chi connectivity index (χ4n) is 4.12. The predicted molar refractivity (Wildman–Crippen MR) is 162 cm³/mol. The van der Waals surface area contributed by atoms with Gasteiger partial charge in [-0.1, -0.05) is 31.7 Å². The molecule has 0 unspecified atom stereocenters. The van der Waals surface area contributed by atoms with Crippen LogP contribution in [0.2, 0.25) is 0 Å². The minimum absolute atomic E-state index is 0.250. The van der Waals surface area contributed by atoms with Crippen molar-refractivity contribution in [1.82, 2.24) is 4.68 Å². The third-order valence-corrected chi connectivity index (χ3v) is 6.08. The summed E-state index contributed by atoms with van der Waals surface area (Å²) in [6.45, 7) is 9.02. The van der Waals surface area contributed by atoms with Crippen LogP contribution in [-0.2, 0) is 9.53 Å². The topological polar surface area (TPSA) is 124 Å². The van der Waals surface area contributed by atoms with Crippen molar-refractivity contribution >= 4 is 17.8 Å². The molecule has 1 aromatic heterocycles. The number of rotatable bonds is 12. The molecule has 1 aromatic carbocycles. The third-order valence-electron chi connectivity index (χ3n) is 6.08. The lowest BCUT2D eigenvalue weighted by Gasteiger charge is -2.23. The van der Waals surface area contributed by atoms with E-state index < -0.39 is 0 Å². The molecule has 2 aromatic rings. The number of anilines is 1. The van der Waals surface area contributed by atoms with Crippen molar-refractivity contribution in [3.63, 3.8) is 0 Å². The van der Waals surface area contributed by atoms with Gasteiger partial charge in [-0.25, -0.2) is 0 Å². The molecule has 1 aliphatic heterocycles. The van der Waals surface area contributed by atoms with Gasteiger partial charge in [0.2, 0.25) is 6.41 Å². The average Bonchev–Trinajstić information content (AvgIpc) is 3.31. The number of nitrogens with zero attached hydrogens (tertiary/aromatic N) is 2. The SMILES string of the molecule is C=C/C(=C\C=C/CC)OCCOc1cn2c(c1C)C(Nc1ccc(OC3=CCCC=C3)cc1)=C(C#N)CN2.NC=O. The number of amides is 1. The summed E-state index contributed by atoms with van der Waals surface area (Å²) >= 11 is 0. The van der Waals surface area contributed by atoms with Crippen molar-refractivity contribution in [3.8, 4) is 17.6 Å². The highest BCUT2D eigenvalue weighted by molar-refractivity contribution is 5.83. The predicted octanol–water partition coefficient (Wildman–Crippen LogP) is 5.85. The van der Waals surface area contributed by atoms with E-state index in [1.54, 1.807) is 6.08 Å². The van der Waals surface area contributed by atoms with Crippen LogP contribution in [0.5, 0.6) is 11.5 Å². The van der Waals surface area contributed by atoms with Crippen LogP contribution in [0.4, 0.5) is 5.69 Å². The quantitative estimate of drug-likeness (QED) is 0.130. The Hall–Kier alpha value is -5.10. The number of benzene rings is 1. The maximum absolute atomic E-state index is 9.82. The van der Waals surface area contributed by atoms with Gasteiger partial charge in [0.05, 0.1) is 35.8 Å². The minimum atomic E-state index is 0.250. The molecule has 2 aliphatic rings. The van der Waals surface area contributed by atoms with E-state index in [-0.39, 0.29) is 6.41 Å². The number of allylic oxidation sites excluding steroid dienone is 7. The number of nitrogens with one attached hydrogen (secondary N) is 2. The molecule has 2 heterocycles. The number of hydrogen-bond acceptors (Lipinski definition) is 7. The zero-order chi connectivity index (χ0) is 29.5. The smallest absolute Gasteiger partial charge is 0.204 e. The molecule has 0 radical (unpaired) electrons. The first-order valence-electron chi connectivity index (χ1n) is 13.5. The summed E-state index contributed by atoms with van der Waals surface area (Å²) in [4.78, 5) is 8.58. The summed E-state index contributed by atoms with van der Waals surface area (Å²) in [5, 5.41) is 13.3. The van der Waals surface area contributed by atoms with Crippen LogP contribution < -0.4 is 25.9 Å². The molecule has 9 heteroatoms. The Balaban J connectivity index is 0.00000147. The normalized spacial score (nSPS) is 14.1. The monoisotopic (exact) mass is 555 g/mol. The molecule has 0 bridgehead atoms. The lowest BCUT2D eigenvalue weighted by molar-refractivity contribution is -0.106. The summed E-state index contributed by atoms with van der Waals surface area (Å²) in [5.41, 5.74) is 11.4. The van der Waals surface area contributed by atoms with Crippen LogP contribution in [0.1, 0.15) is 37.4 Å². The number of carbonyl (C=O) groups is 1. The molecule has 0 fully saturated rings. The maximum Gasteiger partial charge on any atom is 0.204 e. The van der Waals surface area contributed by atoms with Gasteiger partial charge in [-0.05, 0) is 74.8 Å². The van der Waals surface area contributed by atoms with Crippen LogP contribution in [0, 0.1) is 18.3 Å². The van der Waals surface area contributed by atoms with Gasteiger partial charge in [-0.15, -0.1) is 0 Å². The Morgan fingerprint density at radius 1 is 1.27 bits per heavy atom. The van der Waals surface area contributed by atoms with E-state index in [1.807, 2.05) is 60.3 Å². The Bertz CT molecular complexity index is 1390. The molecule has 1 amide bonds. The van der Waals surface area contributed by atoms with Gasteiger partial charge >= 0.3 is 0 Å². The number of ether oxygens (including phenoxy) is 3. The summed E-state index contributed by atoms with van der Waals surface area (Å²) in [5.74, 6) is 3.05. The fourth-order valence-corrected chi connectivity index (χ4v) is 4.12. The van der Waals surface area contributed by atoms with Crippen molar-refractivity contribution in [2.45, 2.75) is 33.1 Å². The van der Waals surface area contributed by atoms with Crippen molar-refractivity contribution in [2.24, 2.45) is 5.73 Å². The van der Waals surface area contributed by atoms with E-state index in [1.165, 1.54) is 0 Å². The lowest BCUT2D eigenvalue weighted by atomic mass is 10.1. The first-order chi connectivity index (χ1) is 20.0. The Labute approximate surface area is 241 Å². The van der Waals surface area contributed by atoms with Gasteiger partial charge in [0.1, 0.15) is 36.2 Å². The Morgan fingerprint density at radius 3 is 2.71 bits per heavy atom. The third kappa shape index (κ3) is 8.70. The fraction of sp³-hybridized carbons (Fsp3) is 0.250. The molecule has 9 nitrogen and oxygen atoms in total. The van der Waals surface area contributed by atoms with E-state index in [2.05, 4.69) is 54.3 Å². The molecule has 1 aliphatic carbocycles. The highest BCUT2D eigenvalue weighted by Gasteiger charge is 2.24. The first-order valence-corrected chi connectivity index (χ1v) is 13.5. The molecule has 4 rings (SSSR count). The molecule has 0 saturated carbocycles. The standard InChI is InChI=1S/C31H34N4O3.CH3NO/c1-4-6-8-11-26(5-2)36-18-19-37-29-22-35-31(23(29)3)30(24(20-32)21-33-35)34-25-14-16-28(17-15-25)38-27-12-9-7-10-13-27;2-1-3/h5-6,8-9,11-17,22,33-34H,2,4,7,10,18-19,21H2,1,3H3;1H,(H2,2,3)/b8-6-,26-11+;. The van der Waals surface area contributed by atoms with Crippen LogP contribution >= 0.6 is 0 Å². The Morgan fingerprint density at radius 2 is 2.05 bits per heavy atom. The van der Waals surface area contributed by atoms with Crippen LogP contribution in [0.3, 0.4) is 0 Å². The molecule has 41 heavy (non-hydrogen) atoms. The average molecular weight is 556 g/mol. The summed E-state index contributed by atoms with van der Waals surface area (Å²) in [6.07, 6.45) is 18.9. The van der Waals surface area contributed by atoms with Gasteiger partial charge in [0.15, 0.2) is 0 Å². The van der Waals surface area contributed by atoms with Crippen molar-refractivity contribution < 1.29 is 19.0 Å². The van der Waals surface area contributed by atoms with Crippen LogP contribution in [0.15, 0.2) is 96.7 Å². The lowest BCUT2D eigenvalue weighted by Crippen LogP contribution is -2.26. The van der Waals surface area contributed by atoms with E-state index in [9.17, 15) is 5.26 Å². The van der Waals surface area contributed by atoms with Gasteiger partial charge in [0, 0.05) is 11.3 Å². The number of fused-ring (bicyclic) bond motifs is 1. The summed E-state index contributed by atoms with van der Waals surface area (Å²) < 4.78 is 19.6. The number of nitrogens with two attached hydrogens (primary N) is 1. The second-order valence-corrected chi connectivity index (χ2v) is 8.92. The van der Waals surface area contributed by atoms with E-state index in [0.29, 0.717) is 31.1 Å². The van der Waals surface area contributed by atoms with Crippen LogP contribution in [-0.4, -0.2) is 30.8 Å². The van der Waals surface area contributed by atoms with Gasteiger partial charge in [0.25, 0.3) is 0 Å². The zero-order valence-corrected chi connectivity index (χ0v) is 23.6. The number of nitriles is 1. The van der Waals surface area contributed by atoms with E-state index in [4.69, 9.17) is 19.0 Å². The number of aromatic nitrogens is 1. The van der Waals surface area contributed by atoms with Crippen molar-refractivity contribution in [1.29, 1.82) is 5.26 Å².